The molecule has 140 valence electrons. The van der Waals surface area contributed by atoms with Crippen molar-refractivity contribution in [1.29, 1.82) is 0 Å². The molecular formula is C23H19NO2S2. The molecule has 0 saturated carbocycles. The lowest BCUT2D eigenvalue weighted by atomic mass is 10.2. The molecule has 0 bridgehead atoms. The van der Waals surface area contributed by atoms with E-state index < -0.39 is 9.84 Å². The number of benzene rings is 3. The minimum atomic E-state index is -3.54. The molecule has 0 spiro atoms. The quantitative estimate of drug-likeness (QED) is 0.388. The summed E-state index contributed by atoms with van der Waals surface area (Å²) in [5, 5.41) is 0.850. The smallest absolute Gasteiger partial charge is 0.216 e. The molecular weight excluding hydrogens is 386 g/mol. The number of sulfone groups is 1. The second-order valence-corrected chi connectivity index (χ2v) is 9.65. The highest BCUT2D eigenvalue weighted by atomic mass is 32.2. The van der Waals surface area contributed by atoms with Crippen molar-refractivity contribution in [3.05, 3.63) is 103 Å². The molecule has 1 heterocycles. The molecule has 0 saturated heterocycles. The molecule has 0 amide bonds. The van der Waals surface area contributed by atoms with Crippen molar-refractivity contribution < 1.29 is 8.42 Å². The molecule has 3 nitrogen and oxygen atoms in total. The highest BCUT2D eigenvalue weighted by molar-refractivity contribution is 7.93. The van der Waals surface area contributed by atoms with Gasteiger partial charge in [-0.25, -0.2) is 8.42 Å². The van der Waals surface area contributed by atoms with Crippen molar-refractivity contribution in [3.63, 3.8) is 0 Å². The lowest BCUT2D eigenvalue weighted by Gasteiger charge is -2.23. The molecule has 0 atom stereocenters. The Hall–Kier alpha value is -2.89. The first-order valence-electron chi connectivity index (χ1n) is 8.87. The monoisotopic (exact) mass is 405 g/mol. The zero-order valence-electron chi connectivity index (χ0n) is 15.3. The van der Waals surface area contributed by atoms with Gasteiger partial charge in [-0.1, -0.05) is 54.1 Å². The number of anilines is 3. The SMILES string of the molecule is Cc1ccc(S(=O)(=O)c2ccc(N(c3ccccc3)c3ccccc3)s2)cc1. The van der Waals surface area contributed by atoms with E-state index in [9.17, 15) is 8.42 Å². The molecule has 4 rings (SSSR count). The lowest BCUT2D eigenvalue weighted by Crippen LogP contribution is -2.07. The Kier molecular flexibility index (Phi) is 5.03. The van der Waals surface area contributed by atoms with Gasteiger partial charge in [-0.3, -0.25) is 0 Å². The maximum absolute atomic E-state index is 13.0. The third kappa shape index (κ3) is 3.59. The average Bonchev–Trinajstić information content (AvgIpc) is 3.21. The maximum Gasteiger partial charge on any atom is 0.216 e. The fraction of sp³-hybridized carbons (Fsp3) is 0.0435. The Bertz CT molecular complexity index is 1130. The van der Waals surface area contributed by atoms with E-state index in [1.165, 1.54) is 11.3 Å². The first-order chi connectivity index (χ1) is 13.6. The van der Waals surface area contributed by atoms with Gasteiger partial charge in [-0.05, 0) is 55.5 Å². The van der Waals surface area contributed by atoms with E-state index in [1.807, 2.05) is 85.8 Å². The van der Waals surface area contributed by atoms with Crippen LogP contribution in [0, 0.1) is 6.92 Å². The number of hydrogen-bond acceptors (Lipinski definition) is 4. The molecule has 0 aliphatic carbocycles. The van der Waals surface area contributed by atoms with Gasteiger partial charge in [0.25, 0.3) is 0 Å². The Morgan fingerprint density at radius 3 is 1.75 bits per heavy atom. The molecule has 1 aromatic heterocycles. The third-order valence-corrected chi connectivity index (χ3v) is 7.74. The van der Waals surface area contributed by atoms with Crippen molar-refractivity contribution >= 4 is 37.5 Å². The maximum atomic E-state index is 13.0. The van der Waals surface area contributed by atoms with Crippen LogP contribution in [0.4, 0.5) is 16.4 Å². The number of para-hydroxylation sites is 2. The van der Waals surface area contributed by atoms with E-state index in [0.717, 1.165) is 21.9 Å². The van der Waals surface area contributed by atoms with E-state index in [2.05, 4.69) is 4.90 Å². The summed E-state index contributed by atoms with van der Waals surface area (Å²) in [6.07, 6.45) is 0. The molecule has 0 N–H and O–H groups in total. The Morgan fingerprint density at radius 2 is 1.21 bits per heavy atom. The predicted octanol–water partition coefficient (Wildman–Crippen LogP) is 6.36. The van der Waals surface area contributed by atoms with Gasteiger partial charge in [0.2, 0.25) is 9.84 Å². The number of thiophene rings is 1. The molecule has 0 aliphatic rings. The van der Waals surface area contributed by atoms with Gasteiger partial charge in [0.15, 0.2) is 0 Å². The number of rotatable bonds is 5. The fourth-order valence-electron chi connectivity index (χ4n) is 2.97. The predicted molar refractivity (Wildman–Crippen MR) is 116 cm³/mol. The minimum absolute atomic E-state index is 0.317. The van der Waals surface area contributed by atoms with Crippen molar-refractivity contribution in [1.82, 2.24) is 0 Å². The summed E-state index contributed by atoms with van der Waals surface area (Å²) in [5.74, 6) is 0. The van der Waals surface area contributed by atoms with Crippen molar-refractivity contribution in [2.75, 3.05) is 4.90 Å². The zero-order chi connectivity index (χ0) is 19.6. The Morgan fingerprint density at radius 1 is 0.679 bits per heavy atom. The first kappa shape index (κ1) is 18.5. The van der Waals surface area contributed by atoms with Gasteiger partial charge >= 0.3 is 0 Å². The van der Waals surface area contributed by atoms with Crippen LogP contribution in [0.2, 0.25) is 0 Å². The molecule has 5 heteroatoms. The summed E-state index contributed by atoms with van der Waals surface area (Å²) in [6, 6.07) is 30.4. The van der Waals surface area contributed by atoms with Crippen LogP contribution >= 0.6 is 11.3 Å². The van der Waals surface area contributed by atoms with Crippen LogP contribution in [0.5, 0.6) is 0 Å². The second-order valence-electron chi connectivity index (χ2n) is 6.42. The zero-order valence-corrected chi connectivity index (χ0v) is 17.0. The molecule has 0 aliphatic heterocycles. The molecule has 4 aromatic rings. The summed E-state index contributed by atoms with van der Waals surface area (Å²) < 4.78 is 26.4. The van der Waals surface area contributed by atoms with E-state index in [0.29, 0.717) is 9.10 Å². The first-order valence-corrected chi connectivity index (χ1v) is 11.2. The standard InChI is InChI=1S/C23H19NO2S2/c1-18-12-14-21(15-13-18)28(25,26)23-17-16-22(27-23)24(19-8-4-2-5-9-19)20-10-6-3-7-11-20/h2-17H,1H3. The van der Waals surface area contributed by atoms with Gasteiger partial charge in [0, 0.05) is 11.4 Å². The molecule has 0 radical (unpaired) electrons. The summed E-state index contributed by atoms with van der Waals surface area (Å²) >= 11 is 1.27. The summed E-state index contributed by atoms with van der Waals surface area (Å²) in [5.41, 5.74) is 3.00. The Balaban J connectivity index is 1.78. The normalized spacial score (nSPS) is 11.3. The van der Waals surface area contributed by atoms with Crippen LogP contribution in [0.3, 0.4) is 0 Å². The van der Waals surface area contributed by atoms with Crippen LogP contribution in [0.15, 0.2) is 106 Å². The summed E-state index contributed by atoms with van der Waals surface area (Å²) in [6.45, 7) is 1.94. The largest absolute Gasteiger partial charge is 0.302 e. The van der Waals surface area contributed by atoms with Gasteiger partial charge < -0.3 is 4.90 Å². The highest BCUT2D eigenvalue weighted by Crippen LogP contribution is 2.40. The minimum Gasteiger partial charge on any atom is -0.302 e. The van der Waals surface area contributed by atoms with Crippen molar-refractivity contribution in [2.45, 2.75) is 16.0 Å². The topological polar surface area (TPSA) is 37.4 Å². The number of hydrogen-bond donors (Lipinski definition) is 0. The van der Waals surface area contributed by atoms with Crippen LogP contribution in [0.1, 0.15) is 5.56 Å². The fourth-order valence-corrected chi connectivity index (χ4v) is 5.70. The number of aryl methyl sites for hydroxylation is 1. The molecule has 3 aromatic carbocycles. The van der Waals surface area contributed by atoms with Crippen LogP contribution in [-0.4, -0.2) is 8.42 Å². The highest BCUT2D eigenvalue weighted by Gasteiger charge is 2.22. The summed E-state index contributed by atoms with van der Waals surface area (Å²) in [7, 11) is -3.54. The molecule has 0 unspecified atom stereocenters. The van der Waals surface area contributed by atoms with Crippen molar-refractivity contribution in [2.24, 2.45) is 0 Å². The van der Waals surface area contributed by atoms with E-state index in [4.69, 9.17) is 0 Å². The van der Waals surface area contributed by atoms with Gasteiger partial charge in [0.05, 0.1) is 4.90 Å². The summed E-state index contributed by atoms with van der Waals surface area (Å²) in [4.78, 5) is 2.39. The van der Waals surface area contributed by atoms with Gasteiger partial charge in [0.1, 0.15) is 9.21 Å². The van der Waals surface area contributed by atoms with Crippen LogP contribution in [-0.2, 0) is 9.84 Å². The lowest BCUT2D eigenvalue weighted by molar-refractivity contribution is 0.598. The van der Waals surface area contributed by atoms with Gasteiger partial charge in [-0.15, -0.1) is 11.3 Å². The number of nitrogens with zero attached hydrogens (tertiary/aromatic N) is 1. The van der Waals surface area contributed by atoms with E-state index >= 15 is 0 Å². The third-order valence-electron chi connectivity index (χ3n) is 4.41. The Labute approximate surface area is 169 Å². The average molecular weight is 406 g/mol. The molecule has 0 fully saturated rings. The van der Waals surface area contributed by atoms with E-state index in [-0.39, 0.29) is 0 Å². The second kappa shape index (κ2) is 7.62. The van der Waals surface area contributed by atoms with Crippen LogP contribution < -0.4 is 4.90 Å². The van der Waals surface area contributed by atoms with E-state index in [1.54, 1.807) is 18.2 Å². The molecule has 28 heavy (non-hydrogen) atoms. The van der Waals surface area contributed by atoms with Gasteiger partial charge in [-0.2, -0.15) is 0 Å². The van der Waals surface area contributed by atoms with Crippen LogP contribution in [0.25, 0.3) is 0 Å². The van der Waals surface area contributed by atoms with Crippen molar-refractivity contribution in [3.8, 4) is 0 Å².